The second-order valence-corrected chi connectivity index (χ2v) is 5.65. The fourth-order valence-corrected chi connectivity index (χ4v) is 2.30. The lowest BCUT2D eigenvalue weighted by molar-refractivity contribution is -0.126. The second kappa shape index (κ2) is 7.01. The molecule has 0 spiro atoms. The number of nitrogens with one attached hydrogen (secondary N) is 3. The third kappa shape index (κ3) is 3.83. The van der Waals surface area contributed by atoms with Crippen molar-refractivity contribution >= 4 is 39.8 Å². The summed E-state index contributed by atoms with van der Waals surface area (Å²) in [4.78, 5) is 40.6. The number of ketones is 1. The van der Waals surface area contributed by atoms with Crippen molar-refractivity contribution in [3.05, 3.63) is 52.9 Å². The molecular weight excluding hydrogens is 336 g/mol. The quantitative estimate of drug-likeness (QED) is 0.316. The molecule has 1 heterocycles. The number of aromatic amines is 2. The fourth-order valence-electron chi connectivity index (χ4n) is 2.30. The van der Waals surface area contributed by atoms with Crippen LogP contribution in [-0.2, 0) is 9.59 Å². The molecule has 0 aliphatic heterocycles. The first-order valence-electron chi connectivity index (χ1n) is 7.72. The van der Waals surface area contributed by atoms with Gasteiger partial charge in [0.2, 0.25) is 6.04 Å². The van der Waals surface area contributed by atoms with E-state index in [2.05, 4.69) is 25.5 Å². The average molecular weight is 352 g/mol. The monoisotopic (exact) mass is 352 g/mol. The van der Waals surface area contributed by atoms with Crippen LogP contribution in [0.2, 0.25) is 0 Å². The molecule has 1 amide bonds. The van der Waals surface area contributed by atoms with Crippen molar-refractivity contribution in [3.63, 3.8) is 0 Å². The number of nitrogens with two attached hydrogens (primary N) is 1. The number of aromatic nitrogens is 2. The number of amides is 1. The molecule has 1 unspecified atom stereocenters. The van der Waals surface area contributed by atoms with E-state index < -0.39 is 17.7 Å². The highest BCUT2D eigenvalue weighted by Gasteiger charge is 2.23. The van der Waals surface area contributed by atoms with Gasteiger partial charge in [0.05, 0.1) is 16.7 Å². The van der Waals surface area contributed by atoms with Crippen molar-refractivity contribution < 1.29 is 9.59 Å². The van der Waals surface area contributed by atoms with E-state index in [0.717, 1.165) is 0 Å². The Morgan fingerprint density at radius 3 is 2.46 bits per heavy atom. The van der Waals surface area contributed by atoms with Gasteiger partial charge in [0, 0.05) is 11.4 Å². The molecule has 0 saturated heterocycles. The number of rotatable bonds is 5. The predicted molar refractivity (Wildman–Crippen MR) is 97.4 cm³/mol. The molecule has 1 aromatic heterocycles. The minimum atomic E-state index is -1.28. The number of carbonyl (C=O) groups is 2. The Kier molecular flexibility index (Phi) is 4.61. The Morgan fingerprint density at radius 1 is 1.08 bits per heavy atom. The van der Waals surface area contributed by atoms with E-state index in [0.29, 0.717) is 28.1 Å². The Bertz CT molecular complexity index is 1050. The predicted octanol–water partition coefficient (Wildman–Crippen LogP) is 2.12. The third-order valence-corrected chi connectivity index (χ3v) is 3.60. The number of carbonyl (C=O) groups excluding carboxylic acids is 2. The summed E-state index contributed by atoms with van der Waals surface area (Å²) in [5.41, 5.74) is 7.87. The molecule has 0 aliphatic carbocycles. The van der Waals surface area contributed by atoms with Gasteiger partial charge in [0.15, 0.2) is 5.78 Å². The highest BCUT2D eigenvalue weighted by molar-refractivity contribution is 6.10. The summed E-state index contributed by atoms with van der Waals surface area (Å²) in [6, 6.07) is 10.1. The van der Waals surface area contributed by atoms with Gasteiger partial charge in [0.1, 0.15) is 0 Å². The first-order valence-corrected chi connectivity index (χ1v) is 7.72. The first-order chi connectivity index (χ1) is 12.4. The largest absolute Gasteiger partial charge is 0.399 e. The van der Waals surface area contributed by atoms with Gasteiger partial charge in [0.25, 0.3) is 5.91 Å². The van der Waals surface area contributed by atoms with E-state index in [1.54, 1.807) is 42.5 Å². The van der Waals surface area contributed by atoms with Crippen molar-refractivity contribution in [3.8, 4) is 0 Å². The van der Waals surface area contributed by atoms with Crippen molar-refractivity contribution in [2.75, 3.05) is 11.1 Å². The lowest BCUT2D eigenvalue weighted by Gasteiger charge is -2.09. The van der Waals surface area contributed by atoms with Crippen LogP contribution in [0.4, 0.5) is 17.1 Å². The van der Waals surface area contributed by atoms with E-state index in [1.807, 2.05) is 0 Å². The van der Waals surface area contributed by atoms with Crippen molar-refractivity contribution in [1.82, 2.24) is 9.97 Å². The molecule has 9 heteroatoms. The molecule has 3 aromatic rings. The standard InChI is InChI=1S/C17H16N6O3/c1-9(24)15(23-22-11-4-2-10(18)3-5-11)16(25)19-12-6-7-13-14(8-12)21-17(26)20-13/h2-8,15H,18H2,1H3,(H,19,25)(H2,20,21,26). The summed E-state index contributed by atoms with van der Waals surface area (Å²) in [5, 5.41) is 10.4. The average Bonchev–Trinajstić information content (AvgIpc) is 2.95. The van der Waals surface area contributed by atoms with Gasteiger partial charge in [-0.05, 0) is 49.4 Å². The number of Topliss-reactive ketones (excluding diaryl/α,β-unsaturated/α-hetero) is 1. The maximum Gasteiger partial charge on any atom is 0.323 e. The number of nitrogens with zero attached hydrogens (tertiary/aromatic N) is 2. The maximum atomic E-state index is 12.4. The summed E-state index contributed by atoms with van der Waals surface area (Å²) in [6.45, 7) is 1.26. The van der Waals surface area contributed by atoms with Crippen molar-refractivity contribution in [2.45, 2.75) is 13.0 Å². The summed E-state index contributed by atoms with van der Waals surface area (Å²) < 4.78 is 0. The molecule has 1 atom stereocenters. The lowest BCUT2D eigenvalue weighted by atomic mass is 10.2. The number of hydrogen-bond acceptors (Lipinski definition) is 6. The van der Waals surface area contributed by atoms with Crippen LogP contribution in [0, 0.1) is 0 Å². The Labute approximate surface area is 147 Å². The van der Waals surface area contributed by atoms with Crippen molar-refractivity contribution in [2.24, 2.45) is 10.2 Å². The third-order valence-electron chi connectivity index (χ3n) is 3.60. The lowest BCUT2D eigenvalue weighted by Crippen LogP contribution is -2.31. The molecule has 26 heavy (non-hydrogen) atoms. The minimum absolute atomic E-state index is 0.345. The van der Waals surface area contributed by atoms with E-state index in [9.17, 15) is 14.4 Å². The number of hydrogen-bond donors (Lipinski definition) is 4. The van der Waals surface area contributed by atoms with E-state index in [4.69, 9.17) is 5.73 Å². The Morgan fingerprint density at radius 2 is 1.77 bits per heavy atom. The smallest absolute Gasteiger partial charge is 0.323 e. The number of benzene rings is 2. The molecule has 0 bridgehead atoms. The summed E-state index contributed by atoms with van der Waals surface area (Å²) >= 11 is 0. The van der Waals surface area contributed by atoms with Crippen LogP contribution >= 0.6 is 0 Å². The van der Waals surface area contributed by atoms with Crippen LogP contribution in [0.1, 0.15) is 6.92 Å². The molecule has 9 nitrogen and oxygen atoms in total. The molecule has 0 fully saturated rings. The highest BCUT2D eigenvalue weighted by atomic mass is 16.2. The SMILES string of the molecule is CC(=O)C(N=Nc1ccc(N)cc1)C(=O)Nc1ccc2[nH]c(=O)[nH]c2c1. The summed E-state index contributed by atoms with van der Waals surface area (Å²) in [7, 11) is 0. The molecule has 2 aromatic carbocycles. The number of nitrogen functional groups attached to an aromatic ring is 1. The van der Waals surface area contributed by atoms with Gasteiger partial charge in [-0.15, -0.1) is 0 Å². The number of imidazole rings is 1. The molecule has 0 saturated carbocycles. The molecule has 0 aliphatic rings. The topological polar surface area (TPSA) is 146 Å². The minimum Gasteiger partial charge on any atom is -0.399 e. The van der Waals surface area contributed by atoms with Gasteiger partial charge in [-0.25, -0.2) is 4.79 Å². The number of azo groups is 1. The molecule has 5 N–H and O–H groups in total. The Hall–Kier alpha value is -3.75. The van der Waals surface area contributed by atoms with E-state index >= 15 is 0 Å². The molecule has 132 valence electrons. The molecule has 3 rings (SSSR count). The van der Waals surface area contributed by atoms with Gasteiger partial charge in [-0.3, -0.25) is 9.59 Å². The number of H-pyrrole nitrogens is 2. The zero-order chi connectivity index (χ0) is 18.7. The number of fused-ring (bicyclic) bond motifs is 1. The molecule has 0 radical (unpaired) electrons. The molecular formula is C17H16N6O3. The van der Waals surface area contributed by atoms with Crippen LogP contribution in [-0.4, -0.2) is 27.7 Å². The highest BCUT2D eigenvalue weighted by Crippen LogP contribution is 2.17. The van der Waals surface area contributed by atoms with Gasteiger partial charge in [-0.2, -0.15) is 10.2 Å². The fraction of sp³-hybridized carbons (Fsp3) is 0.118. The summed E-state index contributed by atoms with van der Waals surface area (Å²) in [5.74, 6) is -1.06. The van der Waals surface area contributed by atoms with Gasteiger partial charge in [-0.1, -0.05) is 0 Å². The zero-order valence-electron chi connectivity index (χ0n) is 13.8. The van der Waals surface area contributed by atoms with Crippen LogP contribution < -0.4 is 16.7 Å². The maximum absolute atomic E-state index is 12.4. The van der Waals surface area contributed by atoms with E-state index in [-0.39, 0.29) is 5.69 Å². The van der Waals surface area contributed by atoms with Crippen LogP contribution in [0.15, 0.2) is 57.5 Å². The van der Waals surface area contributed by atoms with Gasteiger partial charge >= 0.3 is 5.69 Å². The normalized spacial score (nSPS) is 12.3. The first kappa shape index (κ1) is 17.1. The zero-order valence-corrected chi connectivity index (χ0v) is 13.8. The Balaban J connectivity index is 1.78. The van der Waals surface area contributed by atoms with Crippen molar-refractivity contribution in [1.29, 1.82) is 0 Å². The summed E-state index contributed by atoms with van der Waals surface area (Å²) in [6.07, 6.45) is 0. The van der Waals surface area contributed by atoms with Crippen LogP contribution in [0.25, 0.3) is 11.0 Å². The van der Waals surface area contributed by atoms with Gasteiger partial charge < -0.3 is 21.0 Å². The van der Waals surface area contributed by atoms with Crippen LogP contribution in [0.3, 0.4) is 0 Å². The number of anilines is 2. The van der Waals surface area contributed by atoms with Crippen LogP contribution in [0.5, 0.6) is 0 Å². The van der Waals surface area contributed by atoms with E-state index in [1.165, 1.54) is 6.92 Å². The second-order valence-electron chi connectivity index (χ2n) is 5.65.